The van der Waals surface area contributed by atoms with Crippen LogP contribution in [0.1, 0.15) is 31.9 Å². The molecule has 0 fully saturated rings. The van der Waals surface area contributed by atoms with Crippen LogP contribution in [-0.4, -0.2) is 24.5 Å². The van der Waals surface area contributed by atoms with Crippen molar-refractivity contribution in [1.29, 1.82) is 0 Å². The number of nitrogens with zero attached hydrogens (tertiary/aromatic N) is 1. The number of carbonyl (C=O) groups is 1. The van der Waals surface area contributed by atoms with Gasteiger partial charge in [-0.2, -0.15) is 0 Å². The average Bonchev–Trinajstić information content (AvgIpc) is 2.54. The number of nitrogens with one attached hydrogen (secondary N) is 1. The molecule has 1 amide bonds. The van der Waals surface area contributed by atoms with Crippen molar-refractivity contribution < 1.29 is 17.9 Å². The van der Waals surface area contributed by atoms with Crippen molar-refractivity contribution in [2.24, 2.45) is 0 Å². The second kappa shape index (κ2) is 7.88. The fraction of sp³-hybridized carbons (Fsp3) is 0.316. The van der Waals surface area contributed by atoms with Gasteiger partial charge in [-0.3, -0.25) is 0 Å². The van der Waals surface area contributed by atoms with Gasteiger partial charge in [-0.05, 0) is 45.4 Å². The van der Waals surface area contributed by atoms with E-state index in [9.17, 15) is 13.2 Å². The van der Waals surface area contributed by atoms with Gasteiger partial charge in [0.1, 0.15) is 5.60 Å². The molecule has 0 radical (unpaired) electrons. The number of hydrazine groups is 1. The largest absolute Gasteiger partial charge is 0.443 e. The molecule has 2 aromatic carbocycles. The first-order valence-corrected chi connectivity index (χ1v) is 9.65. The van der Waals surface area contributed by atoms with Crippen LogP contribution in [0.5, 0.6) is 0 Å². The summed E-state index contributed by atoms with van der Waals surface area (Å²) in [5.41, 5.74) is 3.30. The highest BCUT2D eigenvalue weighted by Gasteiger charge is 2.28. The zero-order valence-electron chi connectivity index (χ0n) is 15.4. The van der Waals surface area contributed by atoms with Gasteiger partial charge >= 0.3 is 6.09 Å². The first kappa shape index (κ1) is 19.9. The molecule has 0 aliphatic rings. The van der Waals surface area contributed by atoms with Crippen LogP contribution in [0, 0.1) is 6.92 Å². The van der Waals surface area contributed by atoms with E-state index >= 15 is 0 Å². The van der Waals surface area contributed by atoms with E-state index in [-0.39, 0.29) is 11.4 Å². The molecule has 0 aliphatic heterocycles. The second-order valence-corrected chi connectivity index (χ2v) is 8.79. The lowest BCUT2D eigenvalue weighted by atomic mass is 10.2. The minimum atomic E-state index is -3.95. The Kier molecular flexibility index (Phi) is 6.05. The second-order valence-electron chi connectivity index (χ2n) is 6.92. The lowest BCUT2D eigenvalue weighted by Crippen LogP contribution is -2.47. The maximum atomic E-state index is 13.0. The van der Waals surface area contributed by atoms with Crippen LogP contribution in [0.25, 0.3) is 0 Å². The van der Waals surface area contributed by atoms with Gasteiger partial charge in [-0.25, -0.2) is 18.6 Å². The highest BCUT2D eigenvalue weighted by molar-refractivity contribution is 7.89. The molecule has 26 heavy (non-hydrogen) atoms. The van der Waals surface area contributed by atoms with Gasteiger partial charge in [0.05, 0.1) is 11.4 Å². The standard InChI is InChI=1S/C19H24N2O4S/c1-15-10-12-17(13-11-15)26(23,24)21(14-16-8-6-5-7-9-16)20-18(22)25-19(2,3)4/h5-13H,14H2,1-4H3,(H,20,22). The van der Waals surface area contributed by atoms with E-state index in [1.165, 1.54) is 12.1 Å². The molecule has 0 saturated carbocycles. The van der Waals surface area contributed by atoms with E-state index in [1.807, 2.05) is 13.0 Å². The van der Waals surface area contributed by atoms with Crippen LogP contribution in [0.4, 0.5) is 4.79 Å². The number of ether oxygens (including phenoxy) is 1. The van der Waals surface area contributed by atoms with Gasteiger partial charge in [0.25, 0.3) is 10.0 Å². The number of rotatable bonds is 5. The highest BCUT2D eigenvalue weighted by atomic mass is 32.2. The number of hydrogen-bond acceptors (Lipinski definition) is 4. The molecule has 0 saturated heterocycles. The Labute approximate surface area is 154 Å². The number of carbonyl (C=O) groups excluding carboxylic acids is 1. The molecule has 0 heterocycles. The molecule has 1 N–H and O–H groups in total. The van der Waals surface area contributed by atoms with Crippen molar-refractivity contribution in [3.05, 3.63) is 65.7 Å². The quantitative estimate of drug-likeness (QED) is 0.809. The molecule has 0 atom stereocenters. The third-order valence-corrected chi connectivity index (χ3v) is 5.06. The average molecular weight is 376 g/mol. The molecule has 0 aromatic heterocycles. The molecular formula is C19H24N2O4S. The third kappa shape index (κ3) is 5.57. The molecule has 0 bridgehead atoms. The van der Waals surface area contributed by atoms with E-state index in [1.54, 1.807) is 57.2 Å². The van der Waals surface area contributed by atoms with Crippen molar-refractivity contribution in [2.45, 2.75) is 44.7 Å². The summed E-state index contributed by atoms with van der Waals surface area (Å²) in [7, 11) is -3.95. The van der Waals surface area contributed by atoms with Crippen molar-refractivity contribution in [1.82, 2.24) is 9.84 Å². The molecular weight excluding hydrogens is 352 g/mol. The summed E-state index contributed by atoms with van der Waals surface area (Å²) >= 11 is 0. The zero-order valence-corrected chi connectivity index (χ0v) is 16.2. The maximum Gasteiger partial charge on any atom is 0.423 e. The number of sulfonamides is 1. The molecule has 2 aromatic rings. The number of benzene rings is 2. The first-order valence-electron chi connectivity index (χ1n) is 8.21. The fourth-order valence-corrected chi connectivity index (χ4v) is 3.42. The Bertz CT molecular complexity index is 841. The monoisotopic (exact) mass is 376 g/mol. The third-order valence-electron chi connectivity index (χ3n) is 3.39. The molecule has 140 valence electrons. The SMILES string of the molecule is Cc1ccc(S(=O)(=O)N(Cc2ccccc2)NC(=O)OC(C)(C)C)cc1. The van der Waals surface area contributed by atoms with Crippen molar-refractivity contribution in [2.75, 3.05) is 0 Å². The van der Waals surface area contributed by atoms with Crippen LogP contribution in [0.3, 0.4) is 0 Å². The van der Waals surface area contributed by atoms with E-state index in [4.69, 9.17) is 4.74 Å². The maximum absolute atomic E-state index is 13.0. The van der Waals surface area contributed by atoms with Crippen LogP contribution in [0.2, 0.25) is 0 Å². The molecule has 6 nitrogen and oxygen atoms in total. The minimum absolute atomic E-state index is 0.0176. The van der Waals surface area contributed by atoms with Gasteiger partial charge in [0, 0.05) is 0 Å². The highest BCUT2D eigenvalue weighted by Crippen LogP contribution is 2.18. The Hall–Kier alpha value is -2.38. The van der Waals surface area contributed by atoms with E-state index < -0.39 is 21.7 Å². The summed E-state index contributed by atoms with van der Waals surface area (Å²) in [6.45, 7) is 6.99. The van der Waals surface area contributed by atoms with E-state index in [2.05, 4.69) is 5.43 Å². The number of aryl methyl sites for hydroxylation is 1. The predicted octanol–water partition coefficient (Wildman–Crippen LogP) is 3.63. The summed E-state index contributed by atoms with van der Waals surface area (Å²) in [5, 5.41) is 0. The van der Waals surface area contributed by atoms with Gasteiger partial charge in [-0.1, -0.05) is 48.0 Å². The van der Waals surface area contributed by atoms with Crippen LogP contribution in [0.15, 0.2) is 59.5 Å². The Morgan fingerprint density at radius 1 is 1.04 bits per heavy atom. The van der Waals surface area contributed by atoms with Gasteiger partial charge in [0.2, 0.25) is 0 Å². The number of amides is 1. The lowest BCUT2D eigenvalue weighted by molar-refractivity contribution is 0.0421. The first-order chi connectivity index (χ1) is 12.1. The van der Waals surface area contributed by atoms with Crippen molar-refractivity contribution >= 4 is 16.1 Å². The van der Waals surface area contributed by atoms with Crippen molar-refractivity contribution in [3.8, 4) is 0 Å². The summed E-state index contributed by atoms with van der Waals surface area (Å²) in [5.74, 6) is 0. The van der Waals surface area contributed by atoms with E-state index in [0.717, 1.165) is 15.5 Å². The number of hydrogen-bond donors (Lipinski definition) is 1. The fourth-order valence-electron chi connectivity index (χ4n) is 2.17. The molecule has 0 aliphatic carbocycles. The Morgan fingerprint density at radius 3 is 2.15 bits per heavy atom. The molecule has 7 heteroatoms. The summed E-state index contributed by atoms with van der Waals surface area (Å²) in [4.78, 5) is 12.2. The van der Waals surface area contributed by atoms with E-state index in [0.29, 0.717) is 0 Å². The minimum Gasteiger partial charge on any atom is -0.443 e. The summed E-state index contributed by atoms with van der Waals surface area (Å²) in [6.07, 6.45) is -0.830. The van der Waals surface area contributed by atoms with Crippen LogP contribution in [-0.2, 0) is 21.3 Å². The van der Waals surface area contributed by atoms with Gasteiger partial charge in [0.15, 0.2) is 0 Å². The lowest BCUT2D eigenvalue weighted by Gasteiger charge is -2.26. The van der Waals surface area contributed by atoms with Gasteiger partial charge in [-0.15, -0.1) is 4.41 Å². The summed E-state index contributed by atoms with van der Waals surface area (Å²) < 4.78 is 32.1. The van der Waals surface area contributed by atoms with Gasteiger partial charge < -0.3 is 4.74 Å². The normalized spacial score (nSPS) is 12.0. The summed E-state index contributed by atoms with van der Waals surface area (Å²) in [6, 6.07) is 15.5. The molecule has 0 unspecified atom stereocenters. The molecule has 0 spiro atoms. The van der Waals surface area contributed by atoms with Crippen LogP contribution >= 0.6 is 0 Å². The predicted molar refractivity (Wildman–Crippen MR) is 99.7 cm³/mol. The Balaban J connectivity index is 2.32. The van der Waals surface area contributed by atoms with Crippen LogP contribution < -0.4 is 5.43 Å². The smallest absolute Gasteiger partial charge is 0.423 e. The Morgan fingerprint density at radius 2 is 1.62 bits per heavy atom. The zero-order chi connectivity index (χ0) is 19.4. The molecule has 2 rings (SSSR count). The topological polar surface area (TPSA) is 75.7 Å². The van der Waals surface area contributed by atoms with Crippen molar-refractivity contribution in [3.63, 3.8) is 0 Å².